The molecule has 0 radical (unpaired) electrons. The highest BCUT2D eigenvalue weighted by Gasteiger charge is 2.29. The fourth-order valence-electron chi connectivity index (χ4n) is 3.41. The summed E-state index contributed by atoms with van der Waals surface area (Å²) in [6.07, 6.45) is 0. The number of nitrogen functional groups attached to an aromatic ring is 1. The summed E-state index contributed by atoms with van der Waals surface area (Å²) in [5, 5.41) is 19.5. The van der Waals surface area contributed by atoms with E-state index in [0.29, 0.717) is 16.9 Å². The fourth-order valence-corrected chi connectivity index (χ4v) is 3.81. The van der Waals surface area contributed by atoms with Gasteiger partial charge in [0.15, 0.2) is 0 Å². The van der Waals surface area contributed by atoms with E-state index in [2.05, 4.69) is 28.1 Å². The van der Waals surface area contributed by atoms with E-state index < -0.39 is 0 Å². The maximum Gasteiger partial charge on any atom is 0.127 e. The minimum absolute atomic E-state index is 0.209. The van der Waals surface area contributed by atoms with Crippen molar-refractivity contribution in [2.75, 3.05) is 5.73 Å². The Labute approximate surface area is 159 Å². The summed E-state index contributed by atoms with van der Waals surface area (Å²) in [5.74, 6) is 0.709. The highest BCUT2D eigenvalue weighted by Crippen LogP contribution is 2.47. The van der Waals surface area contributed by atoms with Gasteiger partial charge in [0.05, 0.1) is 16.8 Å². The largest absolute Gasteiger partial charge is 0.488 e. The van der Waals surface area contributed by atoms with Gasteiger partial charge in [0, 0.05) is 26.7 Å². The topological polar surface area (TPSA) is 82.8 Å². The van der Waals surface area contributed by atoms with Crippen molar-refractivity contribution in [2.45, 2.75) is 6.61 Å². The van der Waals surface area contributed by atoms with Crippen LogP contribution < -0.4 is 10.5 Å². The summed E-state index contributed by atoms with van der Waals surface area (Å²) >= 11 is 3.48. The third kappa shape index (κ3) is 2.34. The molecule has 124 valence electrons. The molecule has 0 bridgehead atoms. The van der Waals surface area contributed by atoms with Crippen LogP contribution in [0.3, 0.4) is 0 Å². The van der Waals surface area contributed by atoms with E-state index in [4.69, 9.17) is 10.5 Å². The van der Waals surface area contributed by atoms with Crippen molar-refractivity contribution >= 4 is 21.6 Å². The lowest BCUT2D eigenvalue weighted by Gasteiger charge is -2.26. The van der Waals surface area contributed by atoms with Crippen molar-refractivity contribution in [1.82, 2.24) is 0 Å². The molecule has 4 rings (SSSR count). The molecule has 0 unspecified atom stereocenters. The number of para-hydroxylation sites is 1. The molecule has 5 heteroatoms. The Kier molecular flexibility index (Phi) is 3.88. The molecule has 0 amide bonds. The molecular formula is C21H12BrN3O. The number of benzene rings is 3. The first kappa shape index (κ1) is 16.2. The maximum absolute atomic E-state index is 9.75. The molecule has 1 aliphatic rings. The molecule has 0 aliphatic carbocycles. The van der Waals surface area contributed by atoms with E-state index in [1.165, 1.54) is 0 Å². The van der Waals surface area contributed by atoms with Crippen LogP contribution >= 0.6 is 15.9 Å². The Morgan fingerprint density at radius 2 is 1.69 bits per heavy atom. The van der Waals surface area contributed by atoms with Gasteiger partial charge in [-0.2, -0.15) is 10.5 Å². The van der Waals surface area contributed by atoms with Crippen molar-refractivity contribution in [3.63, 3.8) is 0 Å². The molecular weight excluding hydrogens is 390 g/mol. The van der Waals surface area contributed by atoms with Crippen LogP contribution in [0, 0.1) is 22.7 Å². The van der Waals surface area contributed by atoms with Crippen molar-refractivity contribution < 1.29 is 4.74 Å². The van der Waals surface area contributed by atoms with Crippen molar-refractivity contribution in [1.29, 1.82) is 10.5 Å². The van der Waals surface area contributed by atoms with Crippen molar-refractivity contribution in [2.24, 2.45) is 0 Å². The van der Waals surface area contributed by atoms with Gasteiger partial charge in [-0.05, 0) is 23.8 Å². The Balaban J connectivity index is 2.17. The van der Waals surface area contributed by atoms with Crippen LogP contribution in [-0.4, -0.2) is 0 Å². The molecule has 1 aliphatic heterocycles. The average molecular weight is 402 g/mol. The van der Waals surface area contributed by atoms with E-state index in [1.807, 2.05) is 48.5 Å². The van der Waals surface area contributed by atoms with Crippen LogP contribution in [0.15, 0.2) is 53.0 Å². The summed E-state index contributed by atoms with van der Waals surface area (Å²) < 4.78 is 6.81. The number of hydrogen-bond acceptors (Lipinski definition) is 4. The van der Waals surface area contributed by atoms with Crippen LogP contribution in [0.5, 0.6) is 5.75 Å². The molecule has 4 nitrogen and oxygen atoms in total. The van der Waals surface area contributed by atoms with Gasteiger partial charge in [0.25, 0.3) is 0 Å². The molecule has 26 heavy (non-hydrogen) atoms. The zero-order valence-corrected chi connectivity index (χ0v) is 15.2. The van der Waals surface area contributed by atoms with Crippen molar-refractivity contribution in [3.05, 3.63) is 69.7 Å². The predicted octanol–water partition coefficient (Wildman–Crippen LogP) is 5.00. The second kappa shape index (κ2) is 6.22. The van der Waals surface area contributed by atoms with Crippen LogP contribution in [0.25, 0.3) is 22.3 Å². The van der Waals surface area contributed by atoms with Crippen LogP contribution in [0.4, 0.5) is 5.69 Å². The number of anilines is 1. The van der Waals surface area contributed by atoms with Crippen molar-refractivity contribution in [3.8, 4) is 40.1 Å². The Hall–Kier alpha value is -3.28. The average Bonchev–Trinajstić information content (AvgIpc) is 2.67. The predicted molar refractivity (Wildman–Crippen MR) is 103 cm³/mol. The van der Waals surface area contributed by atoms with E-state index in [0.717, 1.165) is 32.3 Å². The van der Waals surface area contributed by atoms with E-state index >= 15 is 0 Å². The minimum Gasteiger partial charge on any atom is -0.488 e. The second-order valence-electron chi connectivity index (χ2n) is 5.91. The molecule has 0 spiro atoms. The molecule has 1 heterocycles. The first-order chi connectivity index (χ1) is 12.7. The normalized spacial score (nSPS) is 11.5. The van der Waals surface area contributed by atoms with Gasteiger partial charge >= 0.3 is 0 Å². The number of ether oxygens (including phenoxy) is 1. The molecule has 0 saturated carbocycles. The van der Waals surface area contributed by atoms with Gasteiger partial charge in [-0.15, -0.1) is 0 Å². The molecule has 2 N–H and O–H groups in total. The Bertz CT molecular complexity index is 1140. The highest BCUT2D eigenvalue weighted by molar-refractivity contribution is 9.10. The summed E-state index contributed by atoms with van der Waals surface area (Å²) in [6.45, 7) is 0.276. The smallest absolute Gasteiger partial charge is 0.127 e. The third-order valence-electron chi connectivity index (χ3n) is 4.51. The summed E-state index contributed by atoms with van der Waals surface area (Å²) in [5.41, 5.74) is 11.1. The minimum atomic E-state index is 0.209. The number of rotatable bonds is 1. The van der Waals surface area contributed by atoms with Gasteiger partial charge in [-0.25, -0.2) is 0 Å². The maximum atomic E-state index is 9.75. The molecule has 3 aromatic carbocycles. The summed E-state index contributed by atoms with van der Waals surface area (Å²) in [7, 11) is 0. The molecule has 0 saturated heterocycles. The second-order valence-corrected chi connectivity index (χ2v) is 6.83. The standard InChI is InChI=1S/C21H12BrN3O/c22-13-5-3-4-12(8-13)19-15(9-23)21(25)16(10-24)20-14-6-1-2-7-18(14)26-11-17(19)20/h1-8H,11,25H2. The number of nitrogens with two attached hydrogens (primary N) is 1. The lowest BCUT2D eigenvalue weighted by molar-refractivity contribution is 0.303. The molecule has 3 aromatic rings. The number of nitrogens with zero attached hydrogens (tertiary/aromatic N) is 2. The Morgan fingerprint density at radius 3 is 2.42 bits per heavy atom. The first-order valence-corrected chi connectivity index (χ1v) is 8.71. The quantitative estimate of drug-likeness (QED) is 0.581. The van der Waals surface area contributed by atoms with E-state index in [9.17, 15) is 10.5 Å². The number of fused-ring (bicyclic) bond motifs is 3. The van der Waals surface area contributed by atoms with E-state index in [1.54, 1.807) is 0 Å². The third-order valence-corrected chi connectivity index (χ3v) is 5.00. The van der Waals surface area contributed by atoms with Gasteiger partial charge in [-0.1, -0.05) is 46.3 Å². The monoisotopic (exact) mass is 401 g/mol. The molecule has 0 atom stereocenters. The number of hydrogen-bond donors (Lipinski definition) is 1. The van der Waals surface area contributed by atoms with Crippen LogP contribution in [0.2, 0.25) is 0 Å². The highest BCUT2D eigenvalue weighted by atomic mass is 79.9. The summed E-state index contributed by atoms with van der Waals surface area (Å²) in [6, 6.07) is 19.6. The number of halogens is 1. The van der Waals surface area contributed by atoms with Gasteiger partial charge in [0.2, 0.25) is 0 Å². The van der Waals surface area contributed by atoms with Gasteiger partial charge < -0.3 is 10.5 Å². The number of nitriles is 2. The summed E-state index contributed by atoms with van der Waals surface area (Å²) in [4.78, 5) is 0. The lowest BCUT2D eigenvalue weighted by Crippen LogP contribution is -2.12. The zero-order valence-electron chi connectivity index (χ0n) is 13.6. The molecule has 0 aromatic heterocycles. The van der Waals surface area contributed by atoms with Crippen LogP contribution in [0.1, 0.15) is 16.7 Å². The van der Waals surface area contributed by atoms with Gasteiger partial charge in [-0.3, -0.25) is 0 Å². The fraction of sp³-hybridized carbons (Fsp3) is 0.0476. The molecule has 0 fully saturated rings. The van der Waals surface area contributed by atoms with Gasteiger partial charge in [0.1, 0.15) is 24.5 Å². The SMILES string of the molecule is N#Cc1c(N)c(C#N)c2c(c1-c1cccc(Br)c1)COc1ccccc1-2. The first-order valence-electron chi connectivity index (χ1n) is 7.92. The zero-order chi connectivity index (χ0) is 18.3. The lowest BCUT2D eigenvalue weighted by atomic mass is 9.83. The van der Waals surface area contributed by atoms with E-state index in [-0.39, 0.29) is 12.3 Å². The Morgan fingerprint density at radius 1 is 0.962 bits per heavy atom. The van der Waals surface area contributed by atoms with Crippen LogP contribution in [-0.2, 0) is 6.61 Å².